The highest BCUT2D eigenvalue weighted by atomic mass is 35.5. The Labute approximate surface area is 181 Å². The number of anilines is 1. The highest BCUT2D eigenvalue weighted by Gasteiger charge is 2.08. The van der Waals surface area contributed by atoms with Crippen LogP contribution < -0.4 is 19.5 Å². The summed E-state index contributed by atoms with van der Waals surface area (Å²) in [5.41, 5.74) is 3.04. The first-order chi connectivity index (χ1) is 14.1. The standard InChI is InChI=1S/C23H23Cl2NO3/c1-3-28-23-13-16(14-26-18-6-8-19(27-2)9-7-18)5-11-22(23)29-15-17-4-10-20(24)21(25)12-17/h4-13,26H,3,14-15H2,1-2H3. The molecule has 0 spiro atoms. The average molecular weight is 432 g/mol. The maximum Gasteiger partial charge on any atom is 0.161 e. The van der Waals surface area contributed by atoms with Crippen molar-refractivity contribution in [3.05, 3.63) is 81.8 Å². The summed E-state index contributed by atoms with van der Waals surface area (Å²) in [7, 11) is 1.66. The fraction of sp³-hybridized carbons (Fsp3) is 0.217. The Morgan fingerprint density at radius 2 is 1.55 bits per heavy atom. The zero-order chi connectivity index (χ0) is 20.6. The van der Waals surface area contributed by atoms with Crippen molar-refractivity contribution in [2.24, 2.45) is 0 Å². The van der Waals surface area contributed by atoms with Crippen LogP contribution in [-0.4, -0.2) is 13.7 Å². The molecule has 4 nitrogen and oxygen atoms in total. The van der Waals surface area contributed by atoms with Crippen molar-refractivity contribution in [1.29, 1.82) is 0 Å². The van der Waals surface area contributed by atoms with Gasteiger partial charge in [-0.05, 0) is 66.6 Å². The fourth-order valence-electron chi connectivity index (χ4n) is 2.75. The third-order valence-electron chi connectivity index (χ3n) is 4.27. The van der Waals surface area contributed by atoms with E-state index >= 15 is 0 Å². The van der Waals surface area contributed by atoms with Crippen molar-refractivity contribution in [3.8, 4) is 17.2 Å². The molecule has 6 heteroatoms. The van der Waals surface area contributed by atoms with E-state index < -0.39 is 0 Å². The predicted molar refractivity (Wildman–Crippen MR) is 119 cm³/mol. The summed E-state index contributed by atoms with van der Waals surface area (Å²) < 4.78 is 16.9. The first-order valence-corrected chi connectivity index (χ1v) is 10.0. The Balaban J connectivity index is 1.66. The number of nitrogens with one attached hydrogen (secondary N) is 1. The average Bonchev–Trinajstić information content (AvgIpc) is 2.74. The smallest absolute Gasteiger partial charge is 0.161 e. The van der Waals surface area contributed by atoms with Crippen LogP contribution in [0.1, 0.15) is 18.1 Å². The van der Waals surface area contributed by atoms with Crippen LogP contribution in [0.4, 0.5) is 5.69 Å². The van der Waals surface area contributed by atoms with Gasteiger partial charge in [0.15, 0.2) is 11.5 Å². The molecule has 0 amide bonds. The third kappa shape index (κ3) is 5.96. The number of halogens is 2. The molecule has 0 bridgehead atoms. The molecular weight excluding hydrogens is 409 g/mol. The largest absolute Gasteiger partial charge is 0.497 e. The van der Waals surface area contributed by atoms with E-state index in [9.17, 15) is 0 Å². The van der Waals surface area contributed by atoms with Crippen molar-refractivity contribution in [3.63, 3.8) is 0 Å². The first-order valence-electron chi connectivity index (χ1n) is 9.29. The summed E-state index contributed by atoms with van der Waals surface area (Å²) in [5, 5.41) is 4.43. The van der Waals surface area contributed by atoms with Crippen LogP contribution in [0.3, 0.4) is 0 Å². The molecule has 0 atom stereocenters. The second-order valence-electron chi connectivity index (χ2n) is 6.33. The summed E-state index contributed by atoms with van der Waals surface area (Å²) in [4.78, 5) is 0. The van der Waals surface area contributed by atoms with E-state index in [-0.39, 0.29) is 0 Å². The molecule has 0 saturated heterocycles. The topological polar surface area (TPSA) is 39.7 Å². The third-order valence-corrected chi connectivity index (χ3v) is 5.01. The molecule has 0 saturated carbocycles. The molecule has 0 radical (unpaired) electrons. The molecule has 0 aliphatic rings. The highest BCUT2D eigenvalue weighted by Crippen LogP contribution is 2.30. The quantitative estimate of drug-likeness (QED) is 0.414. The van der Waals surface area contributed by atoms with Gasteiger partial charge in [0.2, 0.25) is 0 Å². The number of methoxy groups -OCH3 is 1. The van der Waals surface area contributed by atoms with Gasteiger partial charge < -0.3 is 19.5 Å². The summed E-state index contributed by atoms with van der Waals surface area (Å²) >= 11 is 12.0. The minimum atomic E-state index is 0.375. The van der Waals surface area contributed by atoms with E-state index in [4.69, 9.17) is 37.4 Å². The molecule has 3 rings (SSSR count). The zero-order valence-electron chi connectivity index (χ0n) is 16.4. The van der Waals surface area contributed by atoms with Gasteiger partial charge in [0.05, 0.1) is 23.8 Å². The van der Waals surface area contributed by atoms with E-state index in [0.29, 0.717) is 41.3 Å². The van der Waals surface area contributed by atoms with E-state index in [2.05, 4.69) is 5.32 Å². The molecular formula is C23H23Cl2NO3. The Bertz CT molecular complexity index is 945. The fourth-order valence-corrected chi connectivity index (χ4v) is 3.07. The van der Waals surface area contributed by atoms with Crippen molar-refractivity contribution in [2.75, 3.05) is 19.0 Å². The number of hydrogen-bond acceptors (Lipinski definition) is 4. The number of benzene rings is 3. The molecule has 0 fully saturated rings. The second-order valence-corrected chi connectivity index (χ2v) is 7.15. The van der Waals surface area contributed by atoms with Gasteiger partial charge in [-0.1, -0.05) is 35.3 Å². The number of rotatable bonds is 9. The lowest BCUT2D eigenvalue weighted by atomic mass is 10.2. The van der Waals surface area contributed by atoms with E-state index in [1.165, 1.54) is 0 Å². The van der Waals surface area contributed by atoms with Crippen molar-refractivity contribution < 1.29 is 14.2 Å². The van der Waals surface area contributed by atoms with Gasteiger partial charge in [-0.25, -0.2) is 0 Å². The highest BCUT2D eigenvalue weighted by molar-refractivity contribution is 6.42. The van der Waals surface area contributed by atoms with Crippen molar-refractivity contribution in [2.45, 2.75) is 20.1 Å². The lowest BCUT2D eigenvalue weighted by Gasteiger charge is -2.14. The van der Waals surface area contributed by atoms with Crippen LogP contribution in [0, 0.1) is 0 Å². The summed E-state index contributed by atoms with van der Waals surface area (Å²) in [6.45, 7) is 3.55. The van der Waals surface area contributed by atoms with E-state index in [0.717, 1.165) is 22.6 Å². The van der Waals surface area contributed by atoms with Crippen LogP contribution in [0.5, 0.6) is 17.2 Å². The molecule has 29 heavy (non-hydrogen) atoms. The van der Waals surface area contributed by atoms with Crippen LogP contribution >= 0.6 is 23.2 Å². The number of ether oxygens (including phenoxy) is 3. The molecule has 152 valence electrons. The van der Waals surface area contributed by atoms with Gasteiger partial charge in [-0.15, -0.1) is 0 Å². The minimum absolute atomic E-state index is 0.375. The Hall–Kier alpha value is -2.56. The predicted octanol–water partition coefficient (Wildman–Crippen LogP) is 6.59. The van der Waals surface area contributed by atoms with Crippen molar-refractivity contribution in [1.82, 2.24) is 0 Å². The van der Waals surface area contributed by atoms with Crippen molar-refractivity contribution >= 4 is 28.9 Å². The Morgan fingerprint density at radius 3 is 2.24 bits per heavy atom. The normalized spacial score (nSPS) is 10.5. The van der Waals surface area contributed by atoms with Gasteiger partial charge in [0.25, 0.3) is 0 Å². The molecule has 0 unspecified atom stereocenters. The number of hydrogen-bond donors (Lipinski definition) is 1. The monoisotopic (exact) mass is 431 g/mol. The summed E-state index contributed by atoms with van der Waals surface area (Å²) in [5.74, 6) is 2.23. The Morgan fingerprint density at radius 1 is 0.793 bits per heavy atom. The second kappa shape index (κ2) is 10.3. The summed E-state index contributed by atoms with van der Waals surface area (Å²) in [6.07, 6.45) is 0. The molecule has 0 aliphatic heterocycles. The maximum absolute atomic E-state index is 6.07. The lowest BCUT2D eigenvalue weighted by molar-refractivity contribution is 0.269. The molecule has 3 aromatic carbocycles. The molecule has 0 aromatic heterocycles. The molecule has 3 aromatic rings. The first kappa shape index (κ1) is 21.2. The Kier molecular flexibility index (Phi) is 7.50. The molecule has 0 aliphatic carbocycles. The van der Waals surface area contributed by atoms with Gasteiger partial charge in [-0.2, -0.15) is 0 Å². The van der Waals surface area contributed by atoms with Crippen LogP contribution in [0.15, 0.2) is 60.7 Å². The SMILES string of the molecule is CCOc1cc(CNc2ccc(OC)cc2)ccc1OCc1ccc(Cl)c(Cl)c1. The lowest BCUT2D eigenvalue weighted by Crippen LogP contribution is -2.03. The molecule has 0 heterocycles. The van der Waals surface area contributed by atoms with Gasteiger partial charge >= 0.3 is 0 Å². The van der Waals surface area contributed by atoms with Gasteiger partial charge in [-0.3, -0.25) is 0 Å². The maximum atomic E-state index is 6.07. The van der Waals surface area contributed by atoms with E-state index in [1.54, 1.807) is 19.2 Å². The zero-order valence-corrected chi connectivity index (χ0v) is 17.9. The van der Waals surface area contributed by atoms with Gasteiger partial charge in [0, 0.05) is 12.2 Å². The van der Waals surface area contributed by atoms with Crippen LogP contribution in [-0.2, 0) is 13.2 Å². The molecule has 1 N–H and O–H groups in total. The van der Waals surface area contributed by atoms with E-state index in [1.807, 2.05) is 55.5 Å². The van der Waals surface area contributed by atoms with Crippen LogP contribution in [0.25, 0.3) is 0 Å². The minimum Gasteiger partial charge on any atom is -0.497 e. The van der Waals surface area contributed by atoms with Gasteiger partial charge in [0.1, 0.15) is 12.4 Å². The van der Waals surface area contributed by atoms with Crippen LogP contribution in [0.2, 0.25) is 10.0 Å². The summed E-state index contributed by atoms with van der Waals surface area (Å²) in [6, 6.07) is 19.2.